The smallest absolute Gasteiger partial charge is 0.261 e. The van der Waals surface area contributed by atoms with Crippen LogP contribution in [0.25, 0.3) is 11.1 Å². The highest BCUT2D eigenvalue weighted by molar-refractivity contribution is 7.93. The molecule has 1 N–H and O–H groups in total. The minimum Gasteiger partial charge on any atom is -0.440 e. The predicted molar refractivity (Wildman–Crippen MR) is 103 cm³/mol. The van der Waals surface area contributed by atoms with Crippen LogP contribution in [0.15, 0.2) is 56.7 Å². The molecule has 1 aromatic heterocycles. The number of rotatable bonds is 4. The SMILES string of the molecule is CC(C)(C)c1nc2cc(NS(=O)(=O)c3cccc(S(C)(=O)=O)c3)ccc2o1. The Morgan fingerprint density at radius 3 is 2.26 bits per heavy atom. The Balaban J connectivity index is 1.96. The molecule has 9 heteroatoms. The highest BCUT2D eigenvalue weighted by Gasteiger charge is 2.22. The van der Waals surface area contributed by atoms with Crippen LogP contribution < -0.4 is 4.72 Å². The lowest BCUT2D eigenvalue weighted by Gasteiger charge is -2.11. The molecular formula is C18H20N2O5S2. The van der Waals surface area contributed by atoms with Gasteiger partial charge >= 0.3 is 0 Å². The van der Waals surface area contributed by atoms with Gasteiger partial charge < -0.3 is 4.42 Å². The Bertz CT molecular complexity index is 1220. The fourth-order valence-electron chi connectivity index (χ4n) is 2.40. The molecule has 2 aromatic carbocycles. The van der Waals surface area contributed by atoms with Crippen molar-refractivity contribution in [2.24, 2.45) is 0 Å². The van der Waals surface area contributed by atoms with Crippen LogP contribution >= 0.6 is 0 Å². The molecule has 1 heterocycles. The van der Waals surface area contributed by atoms with E-state index in [1.54, 1.807) is 18.2 Å². The molecular weight excluding hydrogens is 388 g/mol. The average Bonchev–Trinajstić information content (AvgIpc) is 2.97. The van der Waals surface area contributed by atoms with Gasteiger partial charge in [-0.05, 0) is 36.4 Å². The molecule has 0 aliphatic carbocycles. The minimum absolute atomic E-state index is 0.0628. The number of hydrogen-bond acceptors (Lipinski definition) is 6. The van der Waals surface area contributed by atoms with E-state index < -0.39 is 19.9 Å². The summed E-state index contributed by atoms with van der Waals surface area (Å²) < 4.78 is 56.7. The summed E-state index contributed by atoms with van der Waals surface area (Å²) in [6.07, 6.45) is 1.03. The summed E-state index contributed by atoms with van der Waals surface area (Å²) in [7, 11) is -7.47. The van der Waals surface area contributed by atoms with E-state index in [0.29, 0.717) is 22.7 Å². The third-order valence-electron chi connectivity index (χ3n) is 3.83. The van der Waals surface area contributed by atoms with Crippen molar-refractivity contribution in [2.75, 3.05) is 11.0 Å². The van der Waals surface area contributed by atoms with Crippen molar-refractivity contribution in [2.45, 2.75) is 36.0 Å². The van der Waals surface area contributed by atoms with Crippen molar-refractivity contribution in [3.05, 3.63) is 48.4 Å². The van der Waals surface area contributed by atoms with Gasteiger partial charge in [-0.25, -0.2) is 21.8 Å². The van der Waals surface area contributed by atoms with E-state index in [1.165, 1.54) is 18.2 Å². The summed E-state index contributed by atoms with van der Waals surface area (Å²) in [5.74, 6) is 0.554. The Hall–Kier alpha value is -2.39. The second-order valence-electron chi connectivity index (χ2n) is 7.30. The number of sulfone groups is 1. The quantitative estimate of drug-likeness (QED) is 0.710. The first kappa shape index (κ1) is 19.4. The van der Waals surface area contributed by atoms with Crippen LogP contribution in [0, 0.1) is 0 Å². The number of anilines is 1. The van der Waals surface area contributed by atoms with Gasteiger partial charge in [-0.1, -0.05) is 26.8 Å². The monoisotopic (exact) mass is 408 g/mol. The number of aromatic nitrogens is 1. The lowest BCUT2D eigenvalue weighted by molar-refractivity contribution is 0.411. The minimum atomic E-state index is -3.96. The van der Waals surface area contributed by atoms with Gasteiger partial charge in [-0.15, -0.1) is 0 Å². The number of oxazole rings is 1. The summed E-state index contributed by atoms with van der Waals surface area (Å²) in [6.45, 7) is 5.91. The second kappa shape index (κ2) is 6.35. The van der Waals surface area contributed by atoms with Gasteiger partial charge in [0, 0.05) is 11.7 Å². The first-order valence-corrected chi connectivity index (χ1v) is 11.5. The van der Waals surface area contributed by atoms with E-state index in [1.807, 2.05) is 20.8 Å². The normalized spacial score (nSPS) is 13.0. The fraction of sp³-hybridized carbons (Fsp3) is 0.278. The molecule has 0 radical (unpaired) electrons. The zero-order valence-electron chi connectivity index (χ0n) is 15.3. The zero-order chi connectivity index (χ0) is 20.0. The van der Waals surface area contributed by atoms with E-state index in [-0.39, 0.29) is 15.2 Å². The Kier molecular flexibility index (Phi) is 4.55. The van der Waals surface area contributed by atoms with E-state index in [0.717, 1.165) is 12.3 Å². The molecule has 0 aliphatic heterocycles. The molecule has 0 saturated heterocycles. The molecule has 0 aliphatic rings. The molecule has 0 amide bonds. The lowest BCUT2D eigenvalue weighted by atomic mass is 9.97. The van der Waals surface area contributed by atoms with Gasteiger partial charge in [0.25, 0.3) is 10.0 Å². The summed E-state index contributed by atoms with van der Waals surface area (Å²) >= 11 is 0. The highest BCUT2D eigenvalue weighted by Crippen LogP contribution is 2.28. The van der Waals surface area contributed by atoms with Crippen molar-refractivity contribution in [3.8, 4) is 0 Å². The van der Waals surface area contributed by atoms with Gasteiger partial charge in [0.15, 0.2) is 15.4 Å². The number of hydrogen-bond donors (Lipinski definition) is 1. The molecule has 0 atom stereocenters. The third-order valence-corrected chi connectivity index (χ3v) is 6.31. The average molecular weight is 409 g/mol. The number of sulfonamides is 1. The maximum Gasteiger partial charge on any atom is 0.261 e. The van der Waals surface area contributed by atoms with Crippen LogP contribution in [0.1, 0.15) is 26.7 Å². The summed E-state index contributed by atoms with van der Waals surface area (Å²) in [5, 5.41) is 0. The molecule has 144 valence electrons. The van der Waals surface area contributed by atoms with E-state index in [9.17, 15) is 16.8 Å². The number of benzene rings is 2. The molecule has 3 aromatic rings. The Morgan fingerprint density at radius 2 is 1.63 bits per heavy atom. The van der Waals surface area contributed by atoms with Gasteiger partial charge in [0.05, 0.1) is 15.5 Å². The van der Waals surface area contributed by atoms with Crippen LogP contribution in [-0.2, 0) is 25.3 Å². The standard InChI is InChI=1S/C18H20N2O5S2/c1-18(2,3)17-19-15-10-12(8-9-16(15)25-17)20-27(23,24)14-7-5-6-13(11-14)26(4,21)22/h5-11,20H,1-4H3. The number of nitrogens with one attached hydrogen (secondary N) is 1. The van der Waals surface area contributed by atoms with Gasteiger partial charge in [0.2, 0.25) is 5.89 Å². The van der Waals surface area contributed by atoms with Crippen molar-refractivity contribution in [3.63, 3.8) is 0 Å². The first-order chi connectivity index (χ1) is 12.4. The summed E-state index contributed by atoms with van der Waals surface area (Å²) in [5.41, 5.74) is 1.12. The second-order valence-corrected chi connectivity index (χ2v) is 11.0. The topological polar surface area (TPSA) is 106 Å². The van der Waals surface area contributed by atoms with Crippen molar-refractivity contribution >= 4 is 36.6 Å². The molecule has 3 rings (SSSR count). The van der Waals surface area contributed by atoms with E-state index in [2.05, 4.69) is 9.71 Å². The molecule has 27 heavy (non-hydrogen) atoms. The lowest BCUT2D eigenvalue weighted by Crippen LogP contribution is -2.13. The molecule has 0 saturated carbocycles. The van der Waals surface area contributed by atoms with Crippen LogP contribution in [-0.4, -0.2) is 28.1 Å². The molecule has 0 spiro atoms. The van der Waals surface area contributed by atoms with Gasteiger partial charge in [-0.3, -0.25) is 4.72 Å². The van der Waals surface area contributed by atoms with Crippen molar-refractivity contribution in [1.29, 1.82) is 0 Å². The Labute approximate surface area is 158 Å². The van der Waals surface area contributed by atoms with Crippen molar-refractivity contribution in [1.82, 2.24) is 4.98 Å². The molecule has 7 nitrogen and oxygen atoms in total. The van der Waals surface area contributed by atoms with Crippen LogP contribution in [0.5, 0.6) is 0 Å². The highest BCUT2D eigenvalue weighted by atomic mass is 32.2. The maximum absolute atomic E-state index is 12.6. The third kappa shape index (κ3) is 4.14. The number of fused-ring (bicyclic) bond motifs is 1. The van der Waals surface area contributed by atoms with Crippen LogP contribution in [0.2, 0.25) is 0 Å². The largest absolute Gasteiger partial charge is 0.440 e. The Morgan fingerprint density at radius 1 is 0.963 bits per heavy atom. The molecule has 0 fully saturated rings. The molecule has 0 unspecified atom stereocenters. The van der Waals surface area contributed by atoms with Gasteiger partial charge in [0.1, 0.15) is 5.52 Å². The molecule has 0 bridgehead atoms. The summed E-state index contributed by atoms with van der Waals surface area (Å²) in [6, 6.07) is 9.99. The van der Waals surface area contributed by atoms with Crippen LogP contribution in [0.3, 0.4) is 0 Å². The van der Waals surface area contributed by atoms with Crippen LogP contribution in [0.4, 0.5) is 5.69 Å². The van der Waals surface area contributed by atoms with Crippen molar-refractivity contribution < 1.29 is 21.3 Å². The zero-order valence-corrected chi connectivity index (χ0v) is 17.0. The fourth-order valence-corrected chi connectivity index (χ4v) is 4.23. The number of nitrogens with zero attached hydrogens (tertiary/aromatic N) is 1. The van der Waals surface area contributed by atoms with Gasteiger partial charge in [-0.2, -0.15) is 0 Å². The maximum atomic E-state index is 12.6. The van der Waals surface area contributed by atoms with E-state index in [4.69, 9.17) is 4.42 Å². The first-order valence-electron chi connectivity index (χ1n) is 8.10. The summed E-state index contributed by atoms with van der Waals surface area (Å²) in [4.78, 5) is 4.21. The predicted octanol–water partition coefficient (Wildman–Crippen LogP) is 3.33. The van der Waals surface area contributed by atoms with E-state index >= 15 is 0 Å².